The van der Waals surface area contributed by atoms with Crippen LogP contribution in [0.1, 0.15) is 33.1 Å². The fourth-order valence-electron chi connectivity index (χ4n) is 2.87. The van der Waals surface area contributed by atoms with Crippen LogP contribution in [0.5, 0.6) is 0 Å². The Balaban J connectivity index is 2.02. The van der Waals surface area contributed by atoms with Crippen LogP contribution in [0.2, 0.25) is 0 Å². The predicted molar refractivity (Wildman–Crippen MR) is 64.5 cm³/mol. The molecule has 4 atom stereocenters. The van der Waals surface area contributed by atoms with Crippen LogP contribution < -0.4 is 0 Å². The minimum absolute atomic E-state index is 0.0652. The van der Waals surface area contributed by atoms with Crippen LogP contribution in [-0.4, -0.2) is 47.3 Å². The summed E-state index contributed by atoms with van der Waals surface area (Å²) in [6.45, 7) is 3.60. The molecule has 0 aromatic heterocycles. The highest BCUT2D eigenvalue weighted by Crippen LogP contribution is 2.36. The first-order chi connectivity index (χ1) is 8.02. The van der Waals surface area contributed by atoms with Gasteiger partial charge in [-0.2, -0.15) is 0 Å². The molecule has 2 aliphatic rings. The van der Waals surface area contributed by atoms with E-state index >= 15 is 0 Å². The Bertz CT molecular complexity index is 340. The quantitative estimate of drug-likeness (QED) is 0.579. The van der Waals surface area contributed by atoms with Gasteiger partial charge in [-0.15, -0.1) is 0 Å². The van der Waals surface area contributed by atoms with Crippen molar-refractivity contribution in [3.05, 3.63) is 11.6 Å². The predicted octanol–water partition coefficient (Wildman–Crippen LogP) is 1.09. The Morgan fingerprint density at radius 1 is 1.41 bits per heavy atom. The van der Waals surface area contributed by atoms with E-state index in [-0.39, 0.29) is 24.2 Å². The Morgan fingerprint density at radius 2 is 2.12 bits per heavy atom. The number of aliphatic hydroxyl groups excluding tert-OH is 1. The van der Waals surface area contributed by atoms with Crippen LogP contribution in [0.4, 0.5) is 0 Å². The van der Waals surface area contributed by atoms with E-state index in [0.717, 1.165) is 12.8 Å². The van der Waals surface area contributed by atoms with Gasteiger partial charge in [-0.1, -0.05) is 6.08 Å². The zero-order valence-corrected chi connectivity index (χ0v) is 10.7. The number of aliphatic hydroxyl groups is 1. The summed E-state index contributed by atoms with van der Waals surface area (Å²) < 4.78 is 5.54. The first-order valence-electron chi connectivity index (χ1n) is 6.26. The standard InChI is InChI=1S/C13H21NO3/c1-4-8(2)13(16)17-12-6-9-5-10(15)7-11(12)14(9)3/h4,9-12,15H,5-7H2,1-3H3/b8-4-/t9-,10-,11+,12-/m0/s1. The molecule has 96 valence electrons. The van der Waals surface area contributed by atoms with Crippen molar-refractivity contribution in [2.45, 2.75) is 57.4 Å². The Labute approximate surface area is 102 Å². The highest BCUT2D eigenvalue weighted by Gasteiger charge is 2.46. The molecule has 2 rings (SSSR count). The third-order valence-corrected chi connectivity index (χ3v) is 4.10. The maximum atomic E-state index is 11.7. The summed E-state index contributed by atoms with van der Waals surface area (Å²) >= 11 is 0. The molecule has 2 heterocycles. The Morgan fingerprint density at radius 3 is 2.76 bits per heavy atom. The lowest BCUT2D eigenvalue weighted by Gasteiger charge is -2.34. The van der Waals surface area contributed by atoms with Gasteiger partial charge in [0.15, 0.2) is 0 Å². The largest absolute Gasteiger partial charge is 0.457 e. The molecule has 0 radical (unpaired) electrons. The van der Waals surface area contributed by atoms with Gasteiger partial charge in [0.25, 0.3) is 0 Å². The van der Waals surface area contributed by atoms with Gasteiger partial charge in [0.05, 0.1) is 6.10 Å². The molecule has 0 aliphatic carbocycles. The molecule has 2 saturated heterocycles. The van der Waals surface area contributed by atoms with Crippen LogP contribution in [0.25, 0.3) is 0 Å². The molecule has 0 aromatic carbocycles. The van der Waals surface area contributed by atoms with Crippen molar-refractivity contribution in [2.24, 2.45) is 0 Å². The van der Waals surface area contributed by atoms with Crippen LogP contribution in [0.15, 0.2) is 11.6 Å². The smallest absolute Gasteiger partial charge is 0.333 e. The van der Waals surface area contributed by atoms with Gasteiger partial charge < -0.3 is 9.84 Å². The average Bonchev–Trinajstić information content (AvgIpc) is 2.49. The van der Waals surface area contributed by atoms with Gasteiger partial charge in [0, 0.05) is 24.1 Å². The summed E-state index contributed by atoms with van der Waals surface area (Å²) in [5, 5.41) is 9.74. The van der Waals surface area contributed by atoms with E-state index in [9.17, 15) is 9.90 Å². The maximum Gasteiger partial charge on any atom is 0.333 e. The van der Waals surface area contributed by atoms with Crippen LogP contribution in [0.3, 0.4) is 0 Å². The molecule has 17 heavy (non-hydrogen) atoms. The lowest BCUT2D eigenvalue weighted by Crippen LogP contribution is -2.44. The fourth-order valence-corrected chi connectivity index (χ4v) is 2.87. The molecular weight excluding hydrogens is 218 g/mol. The number of esters is 1. The lowest BCUT2D eigenvalue weighted by molar-refractivity contribution is -0.145. The SMILES string of the molecule is C/C=C(/C)C(=O)O[C@H]1C[C@@H]2C[C@H](O)C[C@H]1N2C. The molecule has 0 spiro atoms. The molecule has 2 aliphatic heterocycles. The number of carbonyl (C=O) groups is 1. The van der Waals surface area contributed by atoms with Crippen molar-refractivity contribution >= 4 is 5.97 Å². The minimum Gasteiger partial charge on any atom is -0.457 e. The second-order valence-corrected chi connectivity index (χ2v) is 5.16. The zero-order valence-electron chi connectivity index (χ0n) is 10.7. The molecule has 0 amide bonds. The second-order valence-electron chi connectivity index (χ2n) is 5.16. The van der Waals surface area contributed by atoms with Gasteiger partial charge in [0.1, 0.15) is 6.10 Å². The number of carbonyl (C=O) groups excluding carboxylic acids is 1. The molecule has 0 unspecified atom stereocenters. The van der Waals surface area contributed by atoms with Gasteiger partial charge >= 0.3 is 5.97 Å². The number of rotatable bonds is 2. The Kier molecular flexibility index (Phi) is 3.54. The van der Waals surface area contributed by atoms with E-state index in [1.807, 2.05) is 6.92 Å². The number of hydrogen-bond donors (Lipinski definition) is 1. The summed E-state index contributed by atoms with van der Waals surface area (Å²) in [7, 11) is 2.05. The number of fused-ring (bicyclic) bond motifs is 2. The van der Waals surface area contributed by atoms with Crippen molar-refractivity contribution < 1.29 is 14.6 Å². The summed E-state index contributed by atoms with van der Waals surface area (Å²) in [6, 6.07) is 0.532. The first-order valence-corrected chi connectivity index (χ1v) is 6.26. The molecule has 1 N–H and O–H groups in total. The van der Waals surface area contributed by atoms with Gasteiger partial charge in [0.2, 0.25) is 0 Å². The van der Waals surface area contributed by atoms with Crippen LogP contribution >= 0.6 is 0 Å². The average molecular weight is 239 g/mol. The number of ether oxygens (including phenoxy) is 1. The normalized spacial score (nSPS) is 38.2. The number of nitrogens with zero attached hydrogens (tertiary/aromatic N) is 1. The summed E-state index contributed by atoms with van der Waals surface area (Å²) in [6.07, 6.45) is 3.81. The van der Waals surface area contributed by atoms with E-state index < -0.39 is 0 Å². The molecule has 2 fully saturated rings. The first kappa shape index (κ1) is 12.6. The number of likely N-dealkylation sites (N-methyl/N-ethyl adjacent to an activating group) is 1. The van der Waals surface area contributed by atoms with Gasteiger partial charge in [-0.05, 0) is 33.7 Å². The molecule has 2 bridgehead atoms. The summed E-state index contributed by atoms with van der Waals surface area (Å²) in [5.41, 5.74) is 0.648. The monoisotopic (exact) mass is 239 g/mol. The van der Waals surface area contributed by atoms with Crippen molar-refractivity contribution in [1.82, 2.24) is 4.90 Å². The molecule has 0 saturated carbocycles. The highest BCUT2D eigenvalue weighted by atomic mass is 16.5. The highest BCUT2D eigenvalue weighted by molar-refractivity contribution is 5.87. The Hall–Kier alpha value is -0.870. The molecule has 4 nitrogen and oxygen atoms in total. The second kappa shape index (κ2) is 4.78. The maximum absolute atomic E-state index is 11.7. The van der Waals surface area contributed by atoms with E-state index in [1.165, 1.54) is 0 Å². The number of hydrogen-bond acceptors (Lipinski definition) is 4. The van der Waals surface area contributed by atoms with E-state index in [1.54, 1.807) is 13.0 Å². The summed E-state index contributed by atoms with van der Waals surface area (Å²) in [5.74, 6) is -0.229. The van der Waals surface area contributed by atoms with Crippen LogP contribution in [0, 0.1) is 0 Å². The number of allylic oxidation sites excluding steroid dienone is 1. The van der Waals surface area contributed by atoms with Crippen molar-refractivity contribution in [3.8, 4) is 0 Å². The van der Waals surface area contributed by atoms with Gasteiger partial charge in [-0.3, -0.25) is 4.90 Å². The fraction of sp³-hybridized carbons (Fsp3) is 0.769. The number of piperidine rings is 1. The topological polar surface area (TPSA) is 49.8 Å². The van der Waals surface area contributed by atoms with E-state index in [4.69, 9.17) is 4.74 Å². The third kappa shape index (κ3) is 2.38. The zero-order chi connectivity index (χ0) is 12.6. The van der Waals surface area contributed by atoms with Crippen molar-refractivity contribution in [2.75, 3.05) is 7.05 Å². The molecule has 0 aromatic rings. The summed E-state index contributed by atoms with van der Waals surface area (Å²) in [4.78, 5) is 14.0. The van der Waals surface area contributed by atoms with Crippen LogP contribution in [-0.2, 0) is 9.53 Å². The van der Waals surface area contributed by atoms with Gasteiger partial charge in [-0.25, -0.2) is 4.79 Å². The molecular formula is C13H21NO3. The van der Waals surface area contributed by atoms with E-state index in [0.29, 0.717) is 18.0 Å². The lowest BCUT2D eigenvalue weighted by atomic mass is 10.0. The van der Waals surface area contributed by atoms with Crippen molar-refractivity contribution in [3.63, 3.8) is 0 Å². The van der Waals surface area contributed by atoms with Crippen molar-refractivity contribution in [1.29, 1.82) is 0 Å². The molecule has 4 heteroatoms. The third-order valence-electron chi connectivity index (χ3n) is 4.10. The minimum atomic E-state index is -0.243. The van der Waals surface area contributed by atoms with E-state index in [2.05, 4.69) is 11.9 Å².